The van der Waals surface area contributed by atoms with Crippen LogP contribution in [0.25, 0.3) is 11.1 Å². The lowest BCUT2D eigenvalue weighted by atomic mass is 10.2. The van der Waals surface area contributed by atoms with Gasteiger partial charge < -0.3 is 9.15 Å². The Balaban J connectivity index is 2.66. The lowest BCUT2D eigenvalue weighted by molar-refractivity contribution is 0.105. The van der Waals surface area contributed by atoms with Crippen LogP contribution < -0.4 is 4.74 Å². The average Bonchev–Trinajstić information content (AvgIpc) is 2.59. The Hall–Kier alpha value is -1.55. The zero-order valence-corrected chi connectivity index (χ0v) is 8.96. The predicted octanol–water partition coefficient (Wildman–Crippen LogP) is 2.52. The summed E-state index contributed by atoms with van der Waals surface area (Å²) in [6.07, 6.45) is 0. The number of fused-ring (bicyclic) bond motifs is 1. The van der Waals surface area contributed by atoms with Gasteiger partial charge in [0, 0.05) is 6.07 Å². The SMILES string of the molecule is COc1cc2nc(C(=O)Cl)oc2cc1C. The van der Waals surface area contributed by atoms with E-state index in [1.807, 2.05) is 6.92 Å². The van der Waals surface area contributed by atoms with E-state index in [1.165, 1.54) is 0 Å². The van der Waals surface area contributed by atoms with Crippen molar-refractivity contribution in [1.82, 2.24) is 4.98 Å². The van der Waals surface area contributed by atoms with Crippen molar-refractivity contribution in [3.63, 3.8) is 0 Å². The van der Waals surface area contributed by atoms with E-state index >= 15 is 0 Å². The molecule has 0 amide bonds. The molecule has 1 heterocycles. The van der Waals surface area contributed by atoms with Crippen molar-refractivity contribution in [1.29, 1.82) is 0 Å². The molecule has 4 nitrogen and oxygen atoms in total. The molecule has 0 atom stereocenters. The van der Waals surface area contributed by atoms with Crippen LogP contribution in [0.2, 0.25) is 0 Å². The number of carbonyl (C=O) groups is 1. The Bertz CT molecular complexity index is 533. The maximum absolute atomic E-state index is 10.8. The summed E-state index contributed by atoms with van der Waals surface area (Å²) in [6, 6.07) is 3.46. The Morgan fingerprint density at radius 3 is 2.87 bits per heavy atom. The average molecular weight is 226 g/mol. The minimum atomic E-state index is -0.706. The van der Waals surface area contributed by atoms with Crippen LogP contribution >= 0.6 is 11.6 Å². The van der Waals surface area contributed by atoms with Gasteiger partial charge in [0.25, 0.3) is 5.89 Å². The van der Waals surface area contributed by atoms with E-state index in [-0.39, 0.29) is 5.89 Å². The van der Waals surface area contributed by atoms with Crippen molar-refractivity contribution in [2.45, 2.75) is 6.92 Å². The number of carbonyl (C=O) groups excluding carboxylic acids is 1. The number of hydrogen-bond donors (Lipinski definition) is 0. The van der Waals surface area contributed by atoms with Crippen molar-refractivity contribution in [3.05, 3.63) is 23.6 Å². The molecule has 0 bridgehead atoms. The van der Waals surface area contributed by atoms with Crippen LogP contribution in [0.15, 0.2) is 16.5 Å². The molecule has 0 aliphatic rings. The number of ether oxygens (including phenoxy) is 1. The summed E-state index contributed by atoms with van der Waals surface area (Å²) < 4.78 is 10.3. The minimum absolute atomic E-state index is 0.0979. The van der Waals surface area contributed by atoms with Gasteiger partial charge in [-0.2, -0.15) is 0 Å². The zero-order chi connectivity index (χ0) is 11.0. The second kappa shape index (κ2) is 3.55. The fraction of sp³-hybridized carbons (Fsp3) is 0.200. The number of halogens is 1. The quantitative estimate of drug-likeness (QED) is 0.737. The molecule has 0 unspecified atom stereocenters. The molecule has 78 valence electrons. The van der Waals surface area contributed by atoms with Gasteiger partial charge in [0.2, 0.25) is 0 Å². The summed E-state index contributed by atoms with van der Waals surface area (Å²) in [7, 11) is 1.57. The smallest absolute Gasteiger partial charge is 0.307 e. The first kappa shape index (κ1) is 9.98. The molecule has 1 aromatic heterocycles. The van der Waals surface area contributed by atoms with E-state index in [4.69, 9.17) is 20.8 Å². The van der Waals surface area contributed by atoms with Gasteiger partial charge in [0.15, 0.2) is 5.58 Å². The van der Waals surface area contributed by atoms with Crippen LogP contribution in [0.3, 0.4) is 0 Å². The summed E-state index contributed by atoms with van der Waals surface area (Å²) >= 11 is 5.26. The highest BCUT2D eigenvalue weighted by Crippen LogP contribution is 2.25. The third kappa shape index (κ3) is 1.68. The standard InChI is InChI=1S/C10H8ClNO3/c1-5-3-8-6(4-7(5)14-2)12-10(15-8)9(11)13/h3-4H,1-2H3. The number of rotatable bonds is 2. The number of aryl methyl sites for hydroxylation is 1. The van der Waals surface area contributed by atoms with Gasteiger partial charge in [0.05, 0.1) is 7.11 Å². The van der Waals surface area contributed by atoms with Gasteiger partial charge in [-0.05, 0) is 30.2 Å². The fourth-order valence-electron chi connectivity index (χ4n) is 1.36. The first-order valence-corrected chi connectivity index (χ1v) is 4.64. The number of aromatic nitrogens is 1. The van der Waals surface area contributed by atoms with E-state index in [2.05, 4.69) is 4.98 Å². The van der Waals surface area contributed by atoms with Crippen LogP contribution in [0.5, 0.6) is 5.75 Å². The second-order valence-electron chi connectivity index (χ2n) is 3.08. The normalized spacial score (nSPS) is 10.6. The molecule has 2 rings (SSSR count). The molecule has 5 heteroatoms. The van der Waals surface area contributed by atoms with Gasteiger partial charge in [0.1, 0.15) is 11.3 Å². The highest BCUT2D eigenvalue weighted by molar-refractivity contribution is 6.67. The maximum atomic E-state index is 10.8. The number of hydrogen-bond acceptors (Lipinski definition) is 4. The molecule has 0 aliphatic heterocycles. The molecular weight excluding hydrogens is 218 g/mol. The predicted molar refractivity (Wildman–Crippen MR) is 55.5 cm³/mol. The maximum Gasteiger partial charge on any atom is 0.307 e. The first-order chi connectivity index (χ1) is 7.11. The van der Waals surface area contributed by atoms with Crippen molar-refractivity contribution < 1.29 is 13.9 Å². The molecule has 1 aromatic carbocycles. The molecule has 0 N–H and O–H groups in total. The van der Waals surface area contributed by atoms with Crippen molar-refractivity contribution in [3.8, 4) is 5.75 Å². The van der Waals surface area contributed by atoms with Gasteiger partial charge in [-0.1, -0.05) is 0 Å². The third-order valence-corrected chi connectivity index (χ3v) is 2.23. The van der Waals surface area contributed by atoms with E-state index in [0.29, 0.717) is 16.8 Å². The molecule has 0 spiro atoms. The highest BCUT2D eigenvalue weighted by atomic mass is 35.5. The van der Waals surface area contributed by atoms with Crippen LogP contribution in [0.1, 0.15) is 16.2 Å². The number of methoxy groups -OCH3 is 1. The topological polar surface area (TPSA) is 52.3 Å². The monoisotopic (exact) mass is 225 g/mol. The Morgan fingerprint density at radius 1 is 1.53 bits per heavy atom. The number of oxazole rings is 1. The number of benzene rings is 1. The van der Waals surface area contributed by atoms with Gasteiger partial charge in [-0.15, -0.1) is 0 Å². The summed E-state index contributed by atoms with van der Waals surface area (Å²) in [4.78, 5) is 14.8. The molecule has 15 heavy (non-hydrogen) atoms. The van der Waals surface area contributed by atoms with Gasteiger partial charge >= 0.3 is 5.24 Å². The second-order valence-corrected chi connectivity index (χ2v) is 3.43. The molecule has 0 aliphatic carbocycles. The largest absolute Gasteiger partial charge is 0.496 e. The van der Waals surface area contributed by atoms with Gasteiger partial charge in [-0.25, -0.2) is 4.98 Å². The first-order valence-electron chi connectivity index (χ1n) is 4.27. The molecule has 0 saturated carbocycles. The Kier molecular flexibility index (Phi) is 2.36. The van der Waals surface area contributed by atoms with Crippen LogP contribution in [-0.2, 0) is 0 Å². The fourth-order valence-corrected chi connectivity index (χ4v) is 1.44. The summed E-state index contributed by atoms with van der Waals surface area (Å²) in [5.74, 6) is 0.601. The molecule has 0 radical (unpaired) electrons. The van der Waals surface area contributed by atoms with Crippen molar-refractivity contribution >= 4 is 27.9 Å². The molecule has 0 fully saturated rings. The minimum Gasteiger partial charge on any atom is -0.496 e. The molecular formula is C10H8ClNO3. The van der Waals surface area contributed by atoms with Crippen LogP contribution in [-0.4, -0.2) is 17.3 Å². The molecule has 2 aromatic rings. The summed E-state index contributed by atoms with van der Waals surface area (Å²) in [6.45, 7) is 1.88. The third-order valence-electron chi connectivity index (χ3n) is 2.07. The zero-order valence-electron chi connectivity index (χ0n) is 8.20. The lowest BCUT2D eigenvalue weighted by Crippen LogP contribution is -1.87. The number of nitrogens with zero attached hydrogens (tertiary/aromatic N) is 1. The lowest BCUT2D eigenvalue weighted by Gasteiger charge is -2.01. The Labute approximate surface area is 90.8 Å². The van der Waals surface area contributed by atoms with E-state index in [9.17, 15) is 4.79 Å². The van der Waals surface area contributed by atoms with Crippen LogP contribution in [0.4, 0.5) is 0 Å². The van der Waals surface area contributed by atoms with E-state index in [1.54, 1.807) is 19.2 Å². The van der Waals surface area contributed by atoms with Crippen molar-refractivity contribution in [2.75, 3.05) is 7.11 Å². The summed E-state index contributed by atoms with van der Waals surface area (Å²) in [5, 5.41) is -0.706. The van der Waals surface area contributed by atoms with E-state index in [0.717, 1.165) is 5.56 Å². The summed E-state index contributed by atoms with van der Waals surface area (Å²) in [5.41, 5.74) is 1.99. The van der Waals surface area contributed by atoms with Gasteiger partial charge in [-0.3, -0.25) is 4.79 Å². The van der Waals surface area contributed by atoms with Crippen molar-refractivity contribution in [2.24, 2.45) is 0 Å². The van der Waals surface area contributed by atoms with E-state index < -0.39 is 5.24 Å². The molecule has 0 saturated heterocycles. The van der Waals surface area contributed by atoms with Crippen LogP contribution in [0, 0.1) is 6.92 Å². The highest BCUT2D eigenvalue weighted by Gasteiger charge is 2.13. The Morgan fingerprint density at radius 2 is 2.27 bits per heavy atom.